The second-order valence-corrected chi connectivity index (χ2v) is 7.36. The van der Waals surface area contributed by atoms with Gasteiger partial charge >= 0.3 is 0 Å². The number of nitrogens with one attached hydrogen (secondary N) is 1. The van der Waals surface area contributed by atoms with E-state index in [0.29, 0.717) is 6.42 Å². The molecule has 1 fully saturated rings. The first-order valence-electron chi connectivity index (χ1n) is 9.62. The molecule has 0 bridgehead atoms. The lowest BCUT2D eigenvalue weighted by atomic mass is 10.0. The molecule has 2 heterocycles. The number of hydrogen-bond donors (Lipinski definition) is 1. The van der Waals surface area contributed by atoms with Crippen molar-refractivity contribution in [3.05, 3.63) is 30.1 Å². The van der Waals surface area contributed by atoms with Crippen molar-refractivity contribution < 1.29 is 4.79 Å². The number of hydrogen-bond acceptors (Lipinski definition) is 3. The van der Waals surface area contributed by atoms with Crippen LogP contribution in [0.1, 0.15) is 57.2 Å². The van der Waals surface area contributed by atoms with Gasteiger partial charge in [-0.25, -0.2) is 0 Å². The van der Waals surface area contributed by atoms with Gasteiger partial charge in [0.15, 0.2) is 5.82 Å². The molecule has 0 atom stereocenters. The molecular weight excluding hydrogens is 312 g/mol. The van der Waals surface area contributed by atoms with Gasteiger partial charge in [0.1, 0.15) is 5.82 Å². The Bertz CT molecular complexity index is 729. The molecule has 5 heteroatoms. The van der Waals surface area contributed by atoms with Crippen molar-refractivity contribution in [1.29, 1.82) is 0 Å². The number of anilines is 1. The Morgan fingerprint density at radius 1 is 1.08 bits per heavy atom. The summed E-state index contributed by atoms with van der Waals surface area (Å²) in [4.78, 5) is 12.1. The Morgan fingerprint density at radius 3 is 2.68 bits per heavy atom. The summed E-state index contributed by atoms with van der Waals surface area (Å²) >= 11 is 0. The molecule has 2 aromatic rings. The van der Waals surface area contributed by atoms with E-state index in [1.54, 1.807) is 0 Å². The zero-order chi connectivity index (χ0) is 17.1. The second kappa shape index (κ2) is 7.38. The van der Waals surface area contributed by atoms with Crippen LogP contribution in [0.2, 0.25) is 0 Å². The van der Waals surface area contributed by atoms with Gasteiger partial charge in [-0.05, 0) is 49.4 Å². The summed E-state index contributed by atoms with van der Waals surface area (Å²) in [5.41, 5.74) is 1.92. The fourth-order valence-corrected chi connectivity index (χ4v) is 4.08. The zero-order valence-corrected chi connectivity index (χ0v) is 14.7. The first-order valence-corrected chi connectivity index (χ1v) is 9.62. The van der Waals surface area contributed by atoms with Crippen LogP contribution in [0.5, 0.6) is 0 Å². The molecule has 1 aromatic carbocycles. The van der Waals surface area contributed by atoms with Crippen molar-refractivity contribution in [2.24, 2.45) is 5.92 Å². The minimum atomic E-state index is 0.125. The number of aromatic nitrogens is 3. The zero-order valence-electron chi connectivity index (χ0n) is 14.7. The molecule has 132 valence electrons. The standard InChI is InChI=1S/C20H26N4O/c25-19(13-8-15-5-1-2-6-15)21-17-11-9-16(10-12-17)20-23-22-18-7-3-4-14-24(18)20/h9-12,15H,1-8,13-14H2,(H,21,25). The van der Waals surface area contributed by atoms with E-state index >= 15 is 0 Å². The maximum Gasteiger partial charge on any atom is 0.224 e. The van der Waals surface area contributed by atoms with E-state index in [4.69, 9.17) is 0 Å². The summed E-state index contributed by atoms with van der Waals surface area (Å²) in [6, 6.07) is 7.98. The topological polar surface area (TPSA) is 59.8 Å². The number of nitrogens with zero attached hydrogens (tertiary/aromatic N) is 3. The number of aryl methyl sites for hydroxylation is 1. The summed E-state index contributed by atoms with van der Waals surface area (Å²) in [6.07, 6.45) is 10.3. The van der Waals surface area contributed by atoms with Crippen LogP contribution in [0.25, 0.3) is 11.4 Å². The molecule has 25 heavy (non-hydrogen) atoms. The first-order chi connectivity index (χ1) is 12.3. The van der Waals surface area contributed by atoms with Crippen LogP contribution in [0.3, 0.4) is 0 Å². The van der Waals surface area contributed by atoms with Gasteiger partial charge in [0, 0.05) is 30.6 Å². The lowest BCUT2D eigenvalue weighted by Crippen LogP contribution is -2.13. The van der Waals surface area contributed by atoms with E-state index in [0.717, 1.165) is 48.2 Å². The molecule has 1 aliphatic heterocycles. The molecular formula is C20H26N4O. The van der Waals surface area contributed by atoms with E-state index in [1.807, 2.05) is 24.3 Å². The van der Waals surface area contributed by atoms with E-state index in [9.17, 15) is 4.79 Å². The van der Waals surface area contributed by atoms with E-state index in [1.165, 1.54) is 38.5 Å². The smallest absolute Gasteiger partial charge is 0.224 e. The van der Waals surface area contributed by atoms with Gasteiger partial charge < -0.3 is 9.88 Å². The van der Waals surface area contributed by atoms with Crippen molar-refractivity contribution in [2.45, 2.75) is 64.3 Å². The van der Waals surface area contributed by atoms with Crippen LogP contribution in [0.15, 0.2) is 24.3 Å². The molecule has 1 amide bonds. The Morgan fingerprint density at radius 2 is 1.88 bits per heavy atom. The molecule has 1 aromatic heterocycles. The lowest BCUT2D eigenvalue weighted by molar-refractivity contribution is -0.116. The van der Waals surface area contributed by atoms with Crippen molar-refractivity contribution in [3.63, 3.8) is 0 Å². The monoisotopic (exact) mass is 338 g/mol. The fraction of sp³-hybridized carbons (Fsp3) is 0.550. The van der Waals surface area contributed by atoms with Crippen LogP contribution in [0.4, 0.5) is 5.69 Å². The van der Waals surface area contributed by atoms with Crippen LogP contribution in [-0.2, 0) is 17.8 Å². The SMILES string of the molecule is O=C(CCC1CCCC1)Nc1ccc(-c2nnc3n2CCCC3)cc1. The Kier molecular flexibility index (Phi) is 4.81. The fourth-order valence-electron chi connectivity index (χ4n) is 4.08. The second-order valence-electron chi connectivity index (χ2n) is 7.36. The minimum absolute atomic E-state index is 0.125. The Labute approximate surface area is 148 Å². The average Bonchev–Trinajstić information content (AvgIpc) is 3.30. The number of amides is 1. The van der Waals surface area contributed by atoms with Crippen LogP contribution in [-0.4, -0.2) is 20.7 Å². The summed E-state index contributed by atoms with van der Waals surface area (Å²) in [5, 5.41) is 11.7. The van der Waals surface area contributed by atoms with Crippen LogP contribution < -0.4 is 5.32 Å². The molecule has 0 unspecified atom stereocenters. The summed E-state index contributed by atoms with van der Waals surface area (Å²) < 4.78 is 2.22. The van der Waals surface area contributed by atoms with Gasteiger partial charge in [0.25, 0.3) is 0 Å². The highest BCUT2D eigenvalue weighted by Crippen LogP contribution is 2.29. The highest BCUT2D eigenvalue weighted by atomic mass is 16.1. The maximum absolute atomic E-state index is 12.1. The molecule has 1 N–H and O–H groups in total. The van der Waals surface area contributed by atoms with Crippen LogP contribution >= 0.6 is 0 Å². The van der Waals surface area contributed by atoms with Crippen molar-refractivity contribution in [2.75, 3.05) is 5.32 Å². The Hall–Kier alpha value is -2.17. The summed E-state index contributed by atoms with van der Waals surface area (Å²) in [6.45, 7) is 0.997. The summed E-state index contributed by atoms with van der Waals surface area (Å²) in [5.74, 6) is 2.91. The lowest BCUT2D eigenvalue weighted by Gasteiger charge is -2.15. The number of carbonyl (C=O) groups is 1. The maximum atomic E-state index is 12.1. The van der Waals surface area contributed by atoms with Crippen LogP contribution in [0, 0.1) is 5.92 Å². The predicted octanol–water partition coefficient (Wildman–Crippen LogP) is 4.19. The number of benzene rings is 1. The molecule has 0 saturated heterocycles. The largest absolute Gasteiger partial charge is 0.326 e. The third kappa shape index (κ3) is 3.75. The van der Waals surface area contributed by atoms with E-state index in [2.05, 4.69) is 20.1 Å². The Balaban J connectivity index is 1.37. The highest BCUT2D eigenvalue weighted by Gasteiger charge is 2.18. The van der Waals surface area contributed by atoms with Gasteiger partial charge in [0.2, 0.25) is 5.91 Å². The van der Waals surface area contributed by atoms with Crippen molar-refractivity contribution >= 4 is 11.6 Å². The molecule has 4 rings (SSSR count). The van der Waals surface area contributed by atoms with E-state index < -0.39 is 0 Å². The van der Waals surface area contributed by atoms with Gasteiger partial charge in [-0.1, -0.05) is 25.7 Å². The molecule has 0 spiro atoms. The number of rotatable bonds is 5. The normalized spacial score (nSPS) is 17.4. The van der Waals surface area contributed by atoms with Gasteiger partial charge in [-0.2, -0.15) is 0 Å². The van der Waals surface area contributed by atoms with E-state index in [-0.39, 0.29) is 5.91 Å². The molecule has 2 aliphatic rings. The molecule has 1 aliphatic carbocycles. The molecule has 5 nitrogen and oxygen atoms in total. The highest BCUT2D eigenvalue weighted by molar-refractivity contribution is 5.90. The van der Waals surface area contributed by atoms with Gasteiger partial charge in [0.05, 0.1) is 0 Å². The van der Waals surface area contributed by atoms with Gasteiger partial charge in [-0.15, -0.1) is 10.2 Å². The minimum Gasteiger partial charge on any atom is -0.326 e. The third-order valence-corrected chi connectivity index (χ3v) is 5.54. The van der Waals surface area contributed by atoms with Gasteiger partial charge in [-0.3, -0.25) is 4.79 Å². The van der Waals surface area contributed by atoms with Crippen molar-refractivity contribution in [3.8, 4) is 11.4 Å². The number of fused-ring (bicyclic) bond motifs is 1. The van der Waals surface area contributed by atoms with Crippen molar-refractivity contribution in [1.82, 2.24) is 14.8 Å². The molecule has 0 radical (unpaired) electrons. The quantitative estimate of drug-likeness (QED) is 0.889. The predicted molar refractivity (Wildman–Crippen MR) is 98.2 cm³/mol. The first kappa shape index (κ1) is 16.3. The third-order valence-electron chi connectivity index (χ3n) is 5.54. The summed E-state index contributed by atoms with van der Waals surface area (Å²) in [7, 11) is 0. The molecule has 1 saturated carbocycles. The average molecular weight is 338 g/mol. The number of carbonyl (C=O) groups excluding carboxylic acids is 1.